The van der Waals surface area contributed by atoms with Gasteiger partial charge in [0, 0.05) is 0 Å². The van der Waals surface area contributed by atoms with Gasteiger partial charge in [-0.05, 0) is 44.4 Å². The third-order valence-electron chi connectivity index (χ3n) is 2.99. The summed E-state index contributed by atoms with van der Waals surface area (Å²) < 4.78 is 0. The van der Waals surface area contributed by atoms with Crippen LogP contribution >= 0.6 is 0 Å². The number of allylic oxidation sites excluding steroid dienone is 2. The van der Waals surface area contributed by atoms with Crippen LogP contribution in [0.4, 0.5) is 0 Å². The van der Waals surface area contributed by atoms with Crippen LogP contribution in [0.5, 0.6) is 0 Å². The van der Waals surface area contributed by atoms with Crippen molar-refractivity contribution in [1.82, 2.24) is 0 Å². The predicted molar refractivity (Wildman–Crippen MR) is 59.7 cm³/mol. The zero-order chi connectivity index (χ0) is 9.84. The molecule has 0 N–H and O–H groups in total. The zero-order valence-corrected chi connectivity index (χ0v) is 9.10. The molecular formula is C13H22. The molecule has 0 bridgehead atoms. The summed E-state index contributed by atoms with van der Waals surface area (Å²) in [6.45, 7) is 12.5. The van der Waals surface area contributed by atoms with Crippen LogP contribution in [0.15, 0.2) is 24.3 Å². The molecule has 0 aliphatic heterocycles. The number of hydrogen-bond donors (Lipinski definition) is 0. The van der Waals surface area contributed by atoms with Crippen molar-refractivity contribution >= 4 is 0 Å². The Labute approximate surface area is 82.7 Å². The molecule has 0 radical (unpaired) electrons. The average molecular weight is 178 g/mol. The normalized spacial score (nSPS) is 25.7. The van der Waals surface area contributed by atoms with Gasteiger partial charge in [-0.3, -0.25) is 0 Å². The maximum Gasteiger partial charge on any atom is -0.0174 e. The van der Waals surface area contributed by atoms with Crippen LogP contribution in [0.3, 0.4) is 0 Å². The summed E-state index contributed by atoms with van der Waals surface area (Å²) in [5, 5.41) is 0. The van der Waals surface area contributed by atoms with Gasteiger partial charge in [-0.2, -0.15) is 0 Å². The highest BCUT2D eigenvalue weighted by molar-refractivity contribution is 5.12. The van der Waals surface area contributed by atoms with E-state index in [0.29, 0.717) is 0 Å². The maximum absolute atomic E-state index is 4.14. The lowest BCUT2D eigenvalue weighted by molar-refractivity contribution is 0.695. The van der Waals surface area contributed by atoms with E-state index in [1.807, 2.05) is 0 Å². The standard InChI is InChI=1S/C13H22/c1-5-6-7-11(4)8-12-9-13(12)10(2)3/h12-13H,2,4-9H2,1,3H3. The van der Waals surface area contributed by atoms with Crippen LogP contribution in [0, 0.1) is 11.8 Å². The van der Waals surface area contributed by atoms with Crippen molar-refractivity contribution < 1.29 is 0 Å². The quantitative estimate of drug-likeness (QED) is 0.531. The van der Waals surface area contributed by atoms with Crippen LogP contribution in [0.2, 0.25) is 0 Å². The predicted octanol–water partition coefficient (Wildman–Crippen LogP) is 4.34. The van der Waals surface area contributed by atoms with E-state index in [4.69, 9.17) is 0 Å². The maximum atomic E-state index is 4.14. The summed E-state index contributed by atoms with van der Waals surface area (Å²) in [5.74, 6) is 1.71. The van der Waals surface area contributed by atoms with Gasteiger partial charge in [0.15, 0.2) is 0 Å². The fourth-order valence-corrected chi connectivity index (χ4v) is 1.98. The van der Waals surface area contributed by atoms with Gasteiger partial charge in [0.2, 0.25) is 0 Å². The van der Waals surface area contributed by atoms with Gasteiger partial charge in [0.1, 0.15) is 0 Å². The summed E-state index contributed by atoms with van der Waals surface area (Å²) in [5.41, 5.74) is 2.82. The molecule has 1 rings (SSSR count). The molecule has 0 heteroatoms. The Morgan fingerprint density at radius 3 is 2.54 bits per heavy atom. The van der Waals surface area contributed by atoms with Crippen LogP contribution < -0.4 is 0 Å². The highest BCUT2D eigenvalue weighted by atomic mass is 14.4. The van der Waals surface area contributed by atoms with Gasteiger partial charge in [0.05, 0.1) is 0 Å². The molecule has 0 spiro atoms. The Bertz CT molecular complexity index is 200. The highest BCUT2D eigenvalue weighted by Crippen LogP contribution is 2.47. The molecule has 0 amide bonds. The third kappa shape index (κ3) is 3.38. The van der Waals surface area contributed by atoms with E-state index in [2.05, 4.69) is 27.0 Å². The van der Waals surface area contributed by atoms with Gasteiger partial charge >= 0.3 is 0 Å². The summed E-state index contributed by atoms with van der Waals surface area (Å²) in [4.78, 5) is 0. The first-order chi connectivity index (χ1) is 6.15. The molecule has 0 aromatic heterocycles. The molecule has 1 fully saturated rings. The second-order valence-corrected chi connectivity index (χ2v) is 4.51. The Hall–Kier alpha value is -0.520. The van der Waals surface area contributed by atoms with E-state index in [9.17, 15) is 0 Å². The molecular weight excluding hydrogens is 156 g/mol. The smallest absolute Gasteiger partial charge is 0.0174 e. The van der Waals surface area contributed by atoms with Gasteiger partial charge in [-0.15, -0.1) is 0 Å². The van der Waals surface area contributed by atoms with E-state index in [0.717, 1.165) is 11.8 Å². The molecule has 1 aliphatic rings. The molecule has 2 atom stereocenters. The largest absolute Gasteiger partial charge is 0.0999 e. The third-order valence-corrected chi connectivity index (χ3v) is 2.99. The van der Waals surface area contributed by atoms with Crippen molar-refractivity contribution in [2.75, 3.05) is 0 Å². The Balaban J connectivity index is 2.13. The molecule has 0 aromatic carbocycles. The average Bonchev–Trinajstić information content (AvgIpc) is 2.80. The highest BCUT2D eigenvalue weighted by Gasteiger charge is 2.36. The first-order valence-corrected chi connectivity index (χ1v) is 5.47. The number of hydrogen-bond acceptors (Lipinski definition) is 0. The van der Waals surface area contributed by atoms with Gasteiger partial charge in [-0.25, -0.2) is 0 Å². The first kappa shape index (κ1) is 10.6. The van der Waals surface area contributed by atoms with Crippen LogP contribution in [-0.4, -0.2) is 0 Å². The lowest BCUT2D eigenvalue weighted by Crippen LogP contribution is -1.88. The summed E-state index contributed by atoms with van der Waals surface area (Å²) >= 11 is 0. The number of unbranched alkanes of at least 4 members (excludes halogenated alkanes) is 1. The van der Waals surface area contributed by atoms with Crippen molar-refractivity contribution in [3.05, 3.63) is 24.3 Å². The molecule has 13 heavy (non-hydrogen) atoms. The second kappa shape index (κ2) is 4.64. The van der Waals surface area contributed by atoms with Crippen LogP contribution in [-0.2, 0) is 0 Å². The molecule has 1 saturated carbocycles. The van der Waals surface area contributed by atoms with E-state index in [1.165, 1.54) is 43.3 Å². The van der Waals surface area contributed by atoms with Crippen molar-refractivity contribution in [1.29, 1.82) is 0 Å². The molecule has 0 saturated heterocycles. The van der Waals surface area contributed by atoms with E-state index >= 15 is 0 Å². The SMILES string of the molecule is C=C(CCCC)CC1CC1C(=C)C. The van der Waals surface area contributed by atoms with Gasteiger partial charge < -0.3 is 0 Å². The Morgan fingerprint density at radius 2 is 2.08 bits per heavy atom. The minimum absolute atomic E-state index is 0.818. The summed E-state index contributed by atoms with van der Waals surface area (Å²) in [6.07, 6.45) is 6.44. The number of rotatable bonds is 6. The van der Waals surface area contributed by atoms with E-state index in [-0.39, 0.29) is 0 Å². The second-order valence-electron chi connectivity index (χ2n) is 4.51. The monoisotopic (exact) mass is 178 g/mol. The van der Waals surface area contributed by atoms with Crippen molar-refractivity contribution in [2.45, 2.75) is 46.0 Å². The topological polar surface area (TPSA) is 0 Å². The molecule has 74 valence electrons. The van der Waals surface area contributed by atoms with Gasteiger partial charge in [0.25, 0.3) is 0 Å². The summed E-state index contributed by atoms with van der Waals surface area (Å²) in [7, 11) is 0. The van der Waals surface area contributed by atoms with Crippen molar-refractivity contribution in [3.63, 3.8) is 0 Å². The van der Waals surface area contributed by atoms with Crippen LogP contribution in [0.25, 0.3) is 0 Å². The molecule has 0 nitrogen and oxygen atoms in total. The lowest BCUT2D eigenvalue weighted by Gasteiger charge is -2.03. The van der Waals surface area contributed by atoms with E-state index < -0.39 is 0 Å². The Morgan fingerprint density at radius 1 is 1.38 bits per heavy atom. The summed E-state index contributed by atoms with van der Waals surface area (Å²) in [6, 6.07) is 0. The molecule has 0 heterocycles. The first-order valence-electron chi connectivity index (χ1n) is 5.47. The molecule has 2 unspecified atom stereocenters. The molecule has 1 aliphatic carbocycles. The van der Waals surface area contributed by atoms with Crippen molar-refractivity contribution in [2.24, 2.45) is 11.8 Å². The minimum atomic E-state index is 0.818. The fourth-order valence-electron chi connectivity index (χ4n) is 1.98. The van der Waals surface area contributed by atoms with E-state index in [1.54, 1.807) is 0 Å². The van der Waals surface area contributed by atoms with Crippen molar-refractivity contribution in [3.8, 4) is 0 Å². The minimum Gasteiger partial charge on any atom is -0.0999 e. The van der Waals surface area contributed by atoms with Crippen LogP contribution in [0.1, 0.15) is 46.0 Å². The fraction of sp³-hybridized carbons (Fsp3) is 0.692. The Kier molecular flexibility index (Phi) is 3.77. The van der Waals surface area contributed by atoms with Gasteiger partial charge in [-0.1, -0.05) is 37.6 Å². The zero-order valence-electron chi connectivity index (χ0n) is 9.10. The lowest BCUT2D eigenvalue weighted by atomic mass is 10.0. The molecule has 0 aromatic rings.